The fraction of sp³-hybridized carbons (Fsp3) is 0.500. The van der Waals surface area contributed by atoms with Crippen LogP contribution in [0.2, 0.25) is 5.02 Å². The quantitative estimate of drug-likeness (QED) is 0.658. The number of nitrogen functional groups attached to an aromatic ring is 1. The molecule has 1 aliphatic heterocycles. The number of hydrogen-bond acceptors (Lipinski definition) is 4. The summed E-state index contributed by atoms with van der Waals surface area (Å²) in [5.41, 5.74) is 3.67. The van der Waals surface area contributed by atoms with Crippen LogP contribution in [-0.2, 0) is 0 Å². The van der Waals surface area contributed by atoms with Crippen molar-refractivity contribution >= 4 is 23.2 Å². The van der Waals surface area contributed by atoms with E-state index in [1.165, 1.54) is 0 Å². The molecular formula is C14H21ClN4O. The van der Waals surface area contributed by atoms with Crippen molar-refractivity contribution in [1.82, 2.24) is 9.80 Å². The van der Waals surface area contributed by atoms with Crippen LogP contribution in [0, 0.1) is 5.92 Å². The smallest absolute Gasteiger partial charge is 0.256 e. The standard InChI is InChI=1S/C14H21ClN4O/c1-9-7-19(8-13(9)18(2)3)14(20)11-6-10(15)4-5-12(11)17-16/h4-6,9,13,17H,7-8,16H2,1-3H3. The minimum atomic E-state index is -0.0309. The van der Waals surface area contributed by atoms with Gasteiger partial charge in [-0.1, -0.05) is 18.5 Å². The van der Waals surface area contributed by atoms with Crippen LogP contribution in [0.3, 0.4) is 0 Å². The van der Waals surface area contributed by atoms with E-state index in [9.17, 15) is 4.79 Å². The number of rotatable bonds is 3. The third kappa shape index (κ3) is 2.90. The SMILES string of the molecule is CC1CN(C(=O)c2cc(Cl)ccc2NN)CC1N(C)C. The summed E-state index contributed by atoms with van der Waals surface area (Å²) in [6, 6.07) is 5.47. The van der Waals surface area contributed by atoms with Crippen LogP contribution in [-0.4, -0.2) is 48.9 Å². The number of amides is 1. The first kappa shape index (κ1) is 15.1. The minimum absolute atomic E-state index is 0.0309. The van der Waals surface area contributed by atoms with Crippen LogP contribution in [0.1, 0.15) is 17.3 Å². The lowest BCUT2D eigenvalue weighted by Gasteiger charge is -2.22. The maximum Gasteiger partial charge on any atom is 0.256 e. The number of nitrogens with one attached hydrogen (secondary N) is 1. The molecule has 0 radical (unpaired) electrons. The zero-order chi connectivity index (χ0) is 14.9. The Kier molecular flexibility index (Phi) is 4.52. The molecule has 0 bridgehead atoms. The van der Waals surface area contributed by atoms with E-state index in [0.29, 0.717) is 28.2 Å². The molecule has 20 heavy (non-hydrogen) atoms. The number of likely N-dealkylation sites (N-methyl/N-ethyl adjacent to an activating group) is 1. The van der Waals surface area contributed by atoms with E-state index in [2.05, 4.69) is 17.2 Å². The van der Waals surface area contributed by atoms with E-state index in [1.54, 1.807) is 18.2 Å². The van der Waals surface area contributed by atoms with Crippen molar-refractivity contribution in [2.45, 2.75) is 13.0 Å². The van der Waals surface area contributed by atoms with Gasteiger partial charge in [0.25, 0.3) is 5.91 Å². The molecule has 0 spiro atoms. The topological polar surface area (TPSA) is 61.6 Å². The van der Waals surface area contributed by atoms with Gasteiger partial charge in [0.05, 0.1) is 11.3 Å². The molecule has 110 valence electrons. The lowest BCUT2D eigenvalue weighted by Crippen LogP contribution is -2.36. The fourth-order valence-corrected chi connectivity index (χ4v) is 2.95. The molecule has 1 fully saturated rings. The molecule has 2 unspecified atom stereocenters. The highest BCUT2D eigenvalue weighted by Crippen LogP contribution is 2.26. The number of nitrogens with zero attached hydrogens (tertiary/aromatic N) is 2. The predicted molar refractivity (Wildman–Crippen MR) is 81.8 cm³/mol. The highest BCUT2D eigenvalue weighted by Gasteiger charge is 2.34. The first-order valence-electron chi connectivity index (χ1n) is 6.66. The molecule has 6 heteroatoms. The first-order valence-corrected chi connectivity index (χ1v) is 7.03. The zero-order valence-electron chi connectivity index (χ0n) is 12.1. The van der Waals surface area contributed by atoms with Crippen molar-refractivity contribution < 1.29 is 4.79 Å². The van der Waals surface area contributed by atoms with Crippen LogP contribution in [0.4, 0.5) is 5.69 Å². The van der Waals surface area contributed by atoms with Crippen LogP contribution < -0.4 is 11.3 Å². The van der Waals surface area contributed by atoms with Gasteiger partial charge in [0, 0.05) is 24.2 Å². The van der Waals surface area contributed by atoms with E-state index >= 15 is 0 Å². The molecule has 1 aliphatic rings. The number of nitrogens with two attached hydrogens (primary N) is 1. The Morgan fingerprint density at radius 1 is 1.45 bits per heavy atom. The zero-order valence-corrected chi connectivity index (χ0v) is 12.8. The molecule has 2 atom stereocenters. The predicted octanol–water partition coefficient (Wildman–Crippen LogP) is 1.65. The second-order valence-corrected chi connectivity index (χ2v) is 5.99. The molecule has 3 N–H and O–H groups in total. The third-order valence-corrected chi connectivity index (χ3v) is 4.13. The molecule has 1 aromatic carbocycles. The molecular weight excluding hydrogens is 276 g/mol. The van der Waals surface area contributed by atoms with Crippen LogP contribution in [0.15, 0.2) is 18.2 Å². The van der Waals surface area contributed by atoms with E-state index in [-0.39, 0.29) is 5.91 Å². The van der Waals surface area contributed by atoms with Gasteiger partial charge < -0.3 is 15.2 Å². The van der Waals surface area contributed by atoms with Crippen molar-refractivity contribution in [1.29, 1.82) is 0 Å². The number of hydrogen-bond donors (Lipinski definition) is 2. The van der Waals surface area contributed by atoms with E-state index < -0.39 is 0 Å². The van der Waals surface area contributed by atoms with Gasteiger partial charge in [0.1, 0.15) is 0 Å². The average molecular weight is 297 g/mol. The largest absolute Gasteiger partial charge is 0.337 e. The van der Waals surface area contributed by atoms with E-state index in [0.717, 1.165) is 13.1 Å². The van der Waals surface area contributed by atoms with Crippen molar-refractivity contribution in [3.8, 4) is 0 Å². The van der Waals surface area contributed by atoms with Crippen LogP contribution in [0.25, 0.3) is 0 Å². The number of anilines is 1. The highest BCUT2D eigenvalue weighted by molar-refractivity contribution is 6.31. The van der Waals surface area contributed by atoms with Crippen molar-refractivity contribution in [2.75, 3.05) is 32.6 Å². The molecule has 2 rings (SSSR count). The summed E-state index contributed by atoms with van der Waals surface area (Å²) < 4.78 is 0. The van der Waals surface area contributed by atoms with Gasteiger partial charge in [-0.05, 0) is 38.2 Å². The Morgan fingerprint density at radius 2 is 2.15 bits per heavy atom. The lowest BCUT2D eigenvalue weighted by molar-refractivity contribution is 0.0782. The van der Waals surface area contributed by atoms with Gasteiger partial charge in [0.2, 0.25) is 0 Å². The summed E-state index contributed by atoms with van der Waals surface area (Å²) in [4.78, 5) is 16.7. The van der Waals surface area contributed by atoms with E-state index in [4.69, 9.17) is 17.4 Å². The molecule has 1 heterocycles. The third-order valence-electron chi connectivity index (χ3n) is 3.89. The Bertz CT molecular complexity index is 506. The number of halogens is 1. The average Bonchev–Trinajstić information content (AvgIpc) is 2.80. The molecule has 5 nitrogen and oxygen atoms in total. The summed E-state index contributed by atoms with van der Waals surface area (Å²) in [7, 11) is 4.09. The van der Waals surface area contributed by atoms with Gasteiger partial charge >= 0.3 is 0 Å². The van der Waals surface area contributed by atoms with Crippen molar-refractivity contribution in [3.63, 3.8) is 0 Å². The van der Waals surface area contributed by atoms with Gasteiger partial charge in [-0.15, -0.1) is 0 Å². The first-order chi connectivity index (χ1) is 9.43. The molecule has 1 aromatic rings. The van der Waals surface area contributed by atoms with E-state index in [1.807, 2.05) is 19.0 Å². The number of benzene rings is 1. The Morgan fingerprint density at radius 3 is 2.70 bits per heavy atom. The monoisotopic (exact) mass is 296 g/mol. The van der Waals surface area contributed by atoms with Gasteiger partial charge in [-0.2, -0.15) is 0 Å². The lowest BCUT2D eigenvalue weighted by atomic mass is 10.1. The molecule has 0 aliphatic carbocycles. The van der Waals surface area contributed by atoms with Gasteiger partial charge in [-0.3, -0.25) is 10.6 Å². The molecule has 0 aromatic heterocycles. The number of carbonyl (C=O) groups excluding carboxylic acids is 1. The van der Waals surface area contributed by atoms with Crippen LogP contribution in [0.5, 0.6) is 0 Å². The van der Waals surface area contributed by atoms with Crippen molar-refractivity contribution in [3.05, 3.63) is 28.8 Å². The summed E-state index contributed by atoms with van der Waals surface area (Å²) in [5.74, 6) is 5.88. The maximum absolute atomic E-state index is 12.6. The summed E-state index contributed by atoms with van der Waals surface area (Å²) >= 11 is 5.98. The van der Waals surface area contributed by atoms with Crippen molar-refractivity contribution in [2.24, 2.45) is 11.8 Å². The normalized spacial score (nSPS) is 22.4. The molecule has 1 amide bonds. The number of carbonyl (C=O) groups is 1. The second-order valence-electron chi connectivity index (χ2n) is 5.55. The fourth-order valence-electron chi connectivity index (χ4n) is 2.78. The van der Waals surface area contributed by atoms with Gasteiger partial charge in [0.15, 0.2) is 0 Å². The highest BCUT2D eigenvalue weighted by atomic mass is 35.5. The Hall–Kier alpha value is -1.30. The van der Waals surface area contributed by atoms with Gasteiger partial charge in [-0.25, -0.2) is 0 Å². The molecule has 0 saturated carbocycles. The summed E-state index contributed by atoms with van der Waals surface area (Å²) in [6.07, 6.45) is 0. The second kappa shape index (κ2) is 5.99. The maximum atomic E-state index is 12.6. The summed E-state index contributed by atoms with van der Waals surface area (Å²) in [6.45, 7) is 3.64. The molecule has 1 saturated heterocycles. The summed E-state index contributed by atoms with van der Waals surface area (Å²) in [5, 5.41) is 0.531. The Labute approximate surface area is 124 Å². The van der Waals surface area contributed by atoms with Crippen LogP contribution >= 0.6 is 11.6 Å². The number of hydrazine groups is 1. The Balaban J connectivity index is 2.23. The number of likely N-dealkylation sites (tertiary alicyclic amines) is 1. The minimum Gasteiger partial charge on any atom is -0.337 e.